The first kappa shape index (κ1) is 13.4. The Bertz CT molecular complexity index is 635. The maximum Gasteiger partial charge on any atom is 0.0216 e. The Morgan fingerprint density at radius 1 is 1.10 bits per heavy atom. The summed E-state index contributed by atoms with van der Waals surface area (Å²) in [5, 5.41) is 4.24. The van der Waals surface area contributed by atoms with Gasteiger partial charge in [-0.15, -0.1) is 11.8 Å². The summed E-state index contributed by atoms with van der Waals surface area (Å²) < 4.78 is 0. The van der Waals surface area contributed by atoms with Crippen LogP contribution in [0.2, 0.25) is 0 Å². The minimum Gasteiger partial charge on any atom is -0.315 e. The van der Waals surface area contributed by atoms with E-state index in [-0.39, 0.29) is 0 Å². The van der Waals surface area contributed by atoms with E-state index in [2.05, 4.69) is 72.5 Å². The van der Waals surface area contributed by atoms with Crippen LogP contribution in [0, 0.1) is 6.92 Å². The van der Waals surface area contributed by atoms with Gasteiger partial charge in [0.05, 0.1) is 0 Å². The van der Waals surface area contributed by atoms with Gasteiger partial charge in [0, 0.05) is 28.6 Å². The van der Waals surface area contributed by atoms with Crippen LogP contribution in [-0.4, -0.2) is 18.3 Å². The molecule has 1 N–H and O–H groups in total. The lowest BCUT2D eigenvalue weighted by Crippen LogP contribution is -2.58. The second-order valence-electron chi connectivity index (χ2n) is 6.45. The average molecular weight is 295 g/mol. The number of nitrogens with one attached hydrogen (secondary N) is 1. The third kappa shape index (κ3) is 2.31. The molecule has 1 nitrogen and oxygen atoms in total. The van der Waals surface area contributed by atoms with E-state index in [0.717, 1.165) is 18.3 Å². The second-order valence-corrected chi connectivity index (χ2v) is 7.80. The predicted molar refractivity (Wildman–Crippen MR) is 90.1 cm³/mol. The molecule has 2 aromatic rings. The number of thioether (sulfide) groups is 1. The number of hydrogen-bond donors (Lipinski definition) is 1. The Kier molecular flexibility index (Phi) is 3.31. The Balaban J connectivity index is 1.58. The van der Waals surface area contributed by atoms with Crippen LogP contribution in [0.1, 0.15) is 23.1 Å². The summed E-state index contributed by atoms with van der Waals surface area (Å²) in [4.78, 5) is 1.50. The van der Waals surface area contributed by atoms with E-state index in [0.29, 0.717) is 5.41 Å². The Morgan fingerprint density at radius 3 is 2.57 bits per heavy atom. The molecule has 2 heterocycles. The largest absolute Gasteiger partial charge is 0.315 e. The normalized spacial score (nSPS) is 22.6. The molecule has 1 unspecified atom stereocenters. The number of aryl methyl sites for hydroxylation is 1. The maximum absolute atomic E-state index is 3.51. The van der Waals surface area contributed by atoms with Crippen LogP contribution in [-0.2, 0) is 11.8 Å². The van der Waals surface area contributed by atoms with E-state index in [9.17, 15) is 0 Å². The van der Waals surface area contributed by atoms with Crippen LogP contribution >= 0.6 is 11.8 Å². The summed E-state index contributed by atoms with van der Waals surface area (Å²) in [5.41, 5.74) is 4.89. The zero-order valence-corrected chi connectivity index (χ0v) is 13.2. The number of rotatable bonds is 3. The first-order chi connectivity index (χ1) is 10.3. The lowest BCUT2D eigenvalue weighted by atomic mass is 9.70. The summed E-state index contributed by atoms with van der Waals surface area (Å²) in [6.45, 7) is 4.52. The number of fused-ring (bicyclic) bond motifs is 1. The van der Waals surface area contributed by atoms with Gasteiger partial charge in [-0.1, -0.05) is 42.5 Å². The fourth-order valence-electron chi connectivity index (χ4n) is 3.84. The van der Waals surface area contributed by atoms with Gasteiger partial charge in [-0.3, -0.25) is 0 Å². The van der Waals surface area contributed by atoms with Crippen LogP contribution in [0.25, 0.3) is 0 Å². The molecular weight excluding hydrogens is 274 g/mol. The van der Waals surface area contributed by atoms with Crippen molar-refractivity contribution in [2.24, 2.45) is 0 Å². The first-order valence-electron chi connectivity index (χ1n) is 7.78. The highest BCUT2D eigenvalue weighted by atomic mass is 32.2. The van der Waals surface area contributed by atoms with Crippen LogP contribution in [0.3, 0.4) is 0 Å². The summed E-state index contributed by atoms with van der Waals surface area (Å²) in [6, 6.07) is 17.8. The molecule has 0 aromatic heterocycles. The van der Waals surface area contributed by atoms with Crippen LogP contribution < -0.4 is 5.32 Å². The van der Waals surface area contributed by atoms with Crippen molar-refractivity contribution >= 4 is 11.8 Å². The lowest BCUT2D eigenvalue weighted by Gasteiger charge is -2.45. The van der Waals surface area contributed by atoms with E-state index in [4.69, 9.17) is 0 Å². The Morgan fingerprint density at radius 2 is 1.86 bits per heavy atom. The zero-order valence-electron chi connectivity index (χ0n) is 12.4. The van der Waals surface area contributed by atoms with Crippen molar-refractivity contribution in [2.75, 3.05) is 13.1 Å². The van der Waals surface area contributed by atoms with E-state index >= 15 is 0 Å². The molecule has 21 heavy (non-hydrogen) atoms. The predicted octanol–water partition coefficient (Wildman–Crippen LogP) is 3.94. The number of hydrogen-bond acceptors (Lipinski definition) is 2. The fraction of sp³-hybridized carbons (Fsp3) is 0.368. The van der Waals surface area contributed by atoms with Crippen LogP contribution in [0.15, 0.2) is 53.4 Å². The van der Waals surface area contributed by atoms with Gasteiger partial charge < -0.3 is 5.32 Å². The third-order valence-electron chi connectivity index (χ3n) is 4.98. The van der Waals surface area contributed by atoms with Crippen molar-refractivity contribution < 1.29 is 0 Å². The highest BCUT2D eigenvalue weighted by Gasteiger charge is 2.42. The highest BCUT2D eigenvalue weighted by Crippen LogP contribution is 2.45. The molecule has 0 radical (unpaired) electrons. The van der Waals surface area contributed by atoms with Crippen molar-refractivity contribution in [2.45, 2.75) is 35.3 Å². The molecule has 2 heteroatoms. The fourth-order valence-corrected chi connectivity index (χ4v) is 5.33. The monoisotopic (exact) mass is 295 g/mol. The van der Waals surface area contributed by atoms with E-state index in [1.807, 2.05) is 0 Å². The molecule has 0 spiro atoms. The highest BCUT2D eigenvalue weighted by molar-refractivity contribution is 8.00. The molecule has 2 aliphatic heterocycles. The van der Waals surface area contributed by atoms with Crippen LogP contribution in [0.5, 0.6) is 0 Å². The molecule has 108 valence electrons. The van der Waals surface area contributed by atoms with Gasteiger partial charge in [-0.25, -0.2) is 0 Å². The zero-order chi connectivity index (χ0) is 14.3. The average Bonchev–Trinajstić information content (AvgIpc) is 2.86. The van der Waals surface area contributed by atoms with Crippen molar-refractivity contribution in [1.82, 2.24) is 5.32 Å². The Labute approximate surface area is 131 Å². The van der Waals surface area contributed by atoms with Crippen LogP contribution in [0.4, 0.5) is 0 Å². The van der Waals surface area contributed by atoms with Gasteiger partial charge in [0.2, 0.25) is 0 Å². The van der Waals surface area contributed by atoms with Gasteiger partial charge in [0.25, 0.3) is 0 Å². The number of benzene rings is 2. The van der Waals surface area contributed by atoms with Crippen molar-refractivity contribution in [3.05, 3.63) is 65.2 Å². The molecule has 4 rings (SSSR count). The SMILES string of the molecule is Cc1ccccc1C1(CC2Cc3ccccc3S2)CNC1. The van der Waals surface area contributed by atoms with Gasteiger partial charge >= 0.3 is 0 Å². The lowest BCUT2D eigenvalue weighted by molar-refractivity contribution is 0.255. The standard InChI is InChI=1S/C19H21NS/c1-14-6-2-4-8-17(14)19(12-20-13-19)11-16-10-15-7-3-5-9-18(15)21-16/h2-9,16,20H,10-13H2,1H3. The summed E-state index contributed by atoms with van der Waals surface area (Å²) in [5.74, 6) is 0. The summed E-state index contributed by atoms with van der Waals surface area (Å²) in [6.07, 6.45) is 2.51. The first-order valence-corrected chi connectivity index (χ1v) is 8.66. The van der Waals surface area contributed by atoms with Gasteiger partial charge in [0.15, 0.2) is 0 Å². The third-order valence-corrected chi connectivity index (χ3v) is 6.29. The van der Waals surface area contributed by atoms with Crippen molar-refractivity contribution in [3.8, 4) is 0 Å². The molecule has 1 saturated heterocycles. The molecule has 2 aliphatic rings. The minimum atomic E-state index is 0.352. The molecule has 2 aromatic carbocycles. The maximum atomic E-state index is 3.51. The van der Waals surface area contributed by atoms with Crippen molar-refractivity contribution in [3.63, 3.8) is 0 Å². The quantitative estimate of drug-likeness (QED) is 0.920. The molecule has 0 saturated carbocycles. The van der Waals surface area contributed by atoms with Gasteiger partial charge in [-0.2, -0.15) is 0 Å². The molecule has 0 bridgehead atoms. The summed E-state index contributed by atoms with van der Waals surface area (Å²) in [7, 11) is 0. The van der Waals surface area contributed by atoms with E-state index in [1.165, 1.54) is 23.3 Å². The molecule has 0 amide bonds. The second kappa shape index (κ2) is 5.19. The Hall–Kier alpha value is -1.25. The van der Waals surface area contributed by atoms with E-state index < -0.39 is 0 Å². The topological polar surface area (TPSA) is 12.0 Å². The minimum absolute atomic E-state index is 0.352. The van der Waals surface area contributed by atoms with E-state index in [1.54, 1.807) is 11.1 Å². The van der Waals surface area contributed by atoms with Gasteiger partial charge in [0.1, 0.15) is 0 Å². The van der Waals surface area contributed by atoms with Gasteiger partial charge in [-0.05, 0) is 42.5 Å². The molecule has 1 atom stereocenters. The molecule has 1 fully saturated rings. The molecular formula is C19H21NS. The smallest absolute Gasteiger partial charge is 0.0216 e. The summed E-state index contributed by atoms with van der Waals surface area (Å²) >= 11 is 2.09. The van der Waals surface area contributed by atoms with Crippen molar-refractivity contribution in [1.29, 1.82) is 0 Å². The molecule has 0 aliphatic carbocycles.